The van der Waals surface area contributed by atoms with Crippen LogP contribution in [0.15, 0.2) is 217 Å². The predicted octanol–water partition coefficient (Wildman–Crippen LogP) is 17.9. The van der Waals surface area contributed by atoms with Crippen molar-refractivity contribution in [2.45, 2.75) is 0 Å². The average Bonchev–Trinajstić information content (AvgIpc) is 4.19. The first kappa shape index (κ1) is 40.0. The van der Waals surface area contributed by atoms with Gasteiger partial charge in [-0.15, -0.1) is 11.3 Å². The molecule has 0 aliphatic heterocycles. The van der Waals surface area contributed by atoms with Gasteiger partial charge in [0.05, 0.1) is 16.6 Å². The molecule has 10 aromatic carbocycles. The highest BCUT2D eigenvalue weighted by Gasteiger charge is 2.19. The van der Waals surface area contributed by atoms with E-state index in [-0.39, 0.29) is 5.28 Å². The van der Waals surface area contributed by atoms with E-state index in [1.54, 1.807) is 0 Å². The van der Waals surface area contributed by atoms with E-state index in [1.165, 1.54) is 69.4 Å². The lowest BCUT2D eigenvalue weighted by Gasteiger charge is -2.10. The highest BCUT2D eigenvalue weighted by atomic mass is 35.5. The topological polar surface area (TPSA) is 72.5 Å². The van der Waals surface area contributed by atoms with Gasteiger partial charge in [-0.3, -0.25) is 0 Å². The molecule has 0 atom stereocenters. The lowest BCUT2D eigenvalue weighted by molar-refractivity contribution is 0.669. The van der Waals surface area contributed by atoms with Gasteiger partial charge in [0.25, 0.3) is 0 Å². The molecular weight excluding hydrogens is 910 g/mol. The van der Waals surface area contributed by atoms with Gasteiger partial charge in [-0.05, 0) is 106 Å². The third kappa shape index (κ3) is 6.30. The first-order valence-corrected chi connectivity index (χ1v) is 24.8. The van der Waals surface area contributed by atoms with E-state index in [0.29, 0.717) is 11.6 Å². The number of hydrogen-bond acceptors (Lipinski definition) is 5. The number of thiophene rings is 1. The molecule has 15 rings (SSSR count). The van der Waals surface area contributed by atoms with E-state index in [4.69, 9.17) is 21.0 Å². The van der Waals surface area contributed by atoms with Crippen molar-refractivity contribution in [3.63, 3.8) is 0 Å². The van der Waals surface area contributed by atoms with Crippen LogP contribution in [0, 0.1) is 0 Å². The van der Waals surface area contributed by atoms with Crippen LogP contribution in [0.4, 0.5) is 0 Å². The van der Waals surface area contributed by atoms with Crippen LogP contribution in [0.5, 0.6) is 0 Å². The second-order valence-electron chi connectivity index (χ2n) is 18.1. The number of furan rings is 1. The first-order valence-electron chi connectivity index (χ1n) is 23.6. The molecule has 5 aromatic heterocycles. The van der Waals surface area contributed by atoms with E-state index >= 15 is 0 Å². The number of benzene rings is 10. The molecule has 5 heterocycles. The maximum Gasteiger partial charge on any atom is 0.226 e. The largest absolute Gasteiger partial charge is 0.456 e. The third-order valence-corrected chi connectivity index (χ3v) is 15.5. The second kappa shape index (κ2) is 15.6. The van der Waals surface area contributed by atoms with E-state index in [0.717, 1.165) is 66.5 Å². The number of rotatable bonds is 6. The number of halogens is 1. The van der Waals surface area contributed by atoms with Crippen LogP contribution in [0.25, 0.3) is 148 Å². The lowest BCUT2D eigenvalue weighted by Crippen LogP contribution is -1.97. The van der Waals surface area contributed by atoms with Crippen molar-refractivity contribution in [3.8, 4) is 61.8 Å². The van der Waals surface area contributed by atoms with Crippen molar-refractivity contribution in [2.75, 3.05) is 0 Å². The highest BCUT2D eigenvalue weighted by molar-refractivity contribution is 7.26. The summed E-state index contributed by atoms with van der Waals surface area (Å²) in [6.45, 7) is 0. The SMILES string of the molecule is Clc1nc(-c2cccc(-c3cccc4c3sc3cccc(-c5cccc(-c6cccc7c6[nH]c6ccc(-n8c9ccccc9c9ccccc98)cc67)c5)c34)c2)nc(-c2ccc3c(c2)oc2ccccc23)n1. The Balaban J connectivity index is 0.795. The molecule has 6 nitrogen and oxygen atoms in total. The molecule has 71 heavy (non-hydrogen) atoms. The number of H-pyrrole nitrogens is 1. The number of fused-ring (bicyclic) bond motifs is 12. The van der Waals surface area contributed by atoms with Gasteiger partial charge in [0, 0.05) is 80.4 Å². The standard InChI is InChI=1S/C63H36ClN5OS/c64-63-67-61(66-62(68-63)40-28-30-48-47-18-3-6-26-55(47)70-56(48)34-40)39-15-8-14-38(33-39)44-21-10-23-50-58-42(19-11-27-57(58)71-60(44)50)36-12-7-13-37(32-36)43-20-9-22-49-51-35-41(29-31-52(51)65-59(43)49)69-53-24-4-1-16-45(53)46-17-2-5-25-54(46)69/h1-35,65H. The number of nitrogens with zero attached hydrogens (tertiary/aromatic N) is 4. The van der Waals surface area contributed by atoms with Crippen molar-refractivity contribution in [3.05, 3.63) is 218 Å². The summed E-state index contributed by atoms with van der Waals surface area (Å²) in [5.74, 6) is 0.989. The normalized spacial score (nSPS) is 12.0. The Morgan fingerprint density at radius 2 is 1.01 bits per heavy atom. The Bertz CT molecular complexity index is 4640. The molecule has 0 fully saturated rings. The third-order valence-electron chi connectivity index (χ3n) is 14.1. The summed E-state index contributed by atoms with van der Waals surface area (Å²) in [5.41, 5.74) is 16.0. The number of para-hydroxylation sites is 4. The maximum atomic E-state index is 6.63. The number of aromatic nitrogens is 5. The molecule has 0 saturated heterocycles. The molecule has 0 amide bonds. The maximum absolute atomic E-state index is 6.63. The Hall–Kier alpha value is -8.88. The van der Waals surface area contributed by atoms with Gasteiger partial charge in [-0.25, -0.2) is 4.98 Å². The summed E-state index contributed by atoms with van der Waals surface area (Å²) < 4.78 is 11.0. The zero-order valence-corrected chi connectivity index (χ0v) is 39.3. The van der Waals surface area contributed by atoms with E-state index in [9.17, 15) is 0 Å². The summed E-state index contributed by atoms with van der Waals surface area (Å²) in [5, 5.41) is 9.63. The minimum absolute atomic E-state index is 0.131. The fourth-order valence-corrected chi connectivity index (χ4v) is 12.4. The van der Waals surface area contributed by atoms with Gasteiger partial charge >= 0.3 is 0 Å². The van der Waals surface area contributed by atoms with Crippen molar-refractivity contribution < 1.29 is 4.42 Å². The molecule has 0 aliphatic rings. The van der Waals surface area contributed by atoms with Crippen LogP contribution in [-0.2, 0) is 0 Å². The lowest BCUT2D eigenvalue weighted by atomic mass is 9.94. The summed E-state index contributed by atoms with van der Waals surface area (Å²) >= 11 is 8.45. The van der Waals surface area contributed by atoms with Crippen molar-refractivity contribution in [1.29, 1.82) is 0 Å². The van der Waals surface area contributed by atoms with Crippen molar-refractivity contribution in [1.82, 2.24) is 24.5 Å². The van der Waals surface area contributed by atoms with E-state index in [1.807, 2.05) is 47.7 Å². The fourth-order valence-electron chi connectivity index (χ4n) is 11.0. The summed E-state index contributed by atoms with van der Waals surface area (Å²) in [7, 11) is 0. The zero-order chi connectivity index (χ0) is 46.7. The Morgan fingerprint density at radius 1 is 0.423 bits per heavy atom. The molecule has 15 aromatic rings. The Morgan fingerprint density at radius 3 is 1.82 bits per heavy atom. The molecule has 1 N–H and O–H groups in total. The van der Waals surface area contributed by atoms with Gasteiger partial charge < -0.3 is 14.0 Å². The molecule has 0 spiro atoms. The smallest absolute Gasteiger partial charge is 0.226 e. The van der Waals surface area contributed by atoms with E-state index in [2.05, 4.69) is 195 Å². The molecule has 0 unspecified atom stereocenters. The van der Waals surface area contributed by atoms with Crippen LogP contribution in [0.3, 0.4) is 0 Å². The fraction of sp³-hybridized carbons (Fsp3) is 0. The number of hydrogen-bond donors (Lipinski definition) is 1. The molecule has 332 valence electrons. The Kier molecular flexibility index (Phi) is 8.78. The molecule has 8 heteroatoms. The average molecular weight is 947 g/mol. The Labute approximate surface area is 414 Å². The second-order valence-corrected chi connectivity index (χ2v) is 19.5. The van der Waals surface area contributed by atoms with E-state index < -0.39 is 0 Å². The van der Waals surface area contributed by atoms with Crippen LogP contribution < -0.4 is 0 Å². The summed E-state index contributed by atoms with van der Waals surface area (Å²) in [6, 6.07) is 75.6. The van der Waals surface area contributed by atoms with Crippen LogP contribution in [0.2, 0.25) is 5.28 Å². The minimum atomic E-state index is 0.131. The molecule has 0 radical (unpaired) electrons. The van der Waals surface area contributed by atoms with Crippen LogP contribution in [-0.4, -0.2) is 24.5 Å². The molecule has 0 bridgehead atoms. The molecule has 0 saturated carbocycles. The van der Waals surface area contributed by atoms with Crippen molar-refractivity contribution in [2.24, 2.45) is 0 Å². The van der Waals surface area contributed by atoms with Gasteiger partial charge in [-0.1, -0.05) is 146 Å². The summed E-state index contributed by atoms with van der Waals surface area (Å²) in [6.07, 6.45) is 0. The quantitative estimate of drug-likeness (QED) is 0.180. The summed E-state index contributed by atoms with van der Waals surface area (Å²) in [4.78, 5) is 17.9. The van der Waals surface area contributed by atoms with Gasteiger partial charge in [0.15, 0.2) is 11.6 Å². The van der Waals surface area contributed by atoms with Gasteiger partial charge in [0.2, 0.25) is 5.28 Å². The van der Waals surface area contributed by atoms with Gasteiger partial charge in [-0.2, -0.15) is 9.97 Å². The van der Waals surface area contributed by atoms with Gasteiger partial charge in [0.1, 0.15) is 11.2 Å². The monoisotopic (exact) mass is 945 g/mol. The number of aromatic amines is 1. The van der Waals surface area contributed by atoms with Crippen molar-refractivity contribution >= 4 is 109 Å². The molecule has 0 aliphatic carbocycles. The predicted molar refractivity (Wildman–Crippen MR) is 296 cm³/mol. The number of nitrogens with one attached hydrogen (secondary N) is 1. The first-order chi connectivity index (χ1) is 35.1. The van der Waals surface area contributed by atoms with Crippen LogP contribution in [0.1, 0.15) is 0 Å². The molecular formula is C63H36ClN5OS. The zero-order valence-electron chi connectivity index (χ0n) is 37.7. The minimum Gasteiger partial charge on any atom is -0.456 e. The van der Waals surface area contributed by atoms with Crippen LogP contribution >= 0.6 is 22.9 Å². The highest BCUT2D eigenvalue weighted by Crippen LogP contribution is 2.45.